The van der Waals surface area contributed by atoms with E-state index in [1.807, 2.05) is 58.0 Å². The molecule has 6 nitrogen and oxygen atoms in total. The van der Waals surface area contributed by atoms with E-state index >= 15 is 0 Å². The number of urea groups is 1. The van der Waals surface area contributed by atoms with Gasteiger partial charge in [-0.1, -0.05) is 44.2 Å². The van der Waals surface area contributed by atoms with E-state index in [1.165, 1.54) is 11.1 Å². The molecule has 2 aromatic rings. The molecule has 2 N–H and O–H groups in total. The number of amides is 3. The minimum atomic E-state index is -0.965. The van der Waals surface area contributed by atoms with Crippen LogP contribution in [0.3, 0.4) is 0 Å². The van der Waals surface area contributed by atoms with Gasteiger partial charge in [0.2, 0.25) is 0 Å². The summed E-state index contributed by atoms with van der Waals surface area (Å²) in [6.45, 7) is 13.9. The number of hydrogen-bond acceptors (Lipinski definition) is 4. The van der Waals surface area contributed by atoms with Gasteiger partial charge in [-0.15, -0.1) is 0 Å². The highest BCUT2D eigenvalue weighted by atomic mass is 16.5. The van der Waals surface area contributed by atoms with Crippen molar-refractivity contribution in [3.8, 4) is 11.5 Å². The Balaban J connectivity index is 0.000000244. The van der Waals surface area contributed by atoms with Crippen LogP contribution in [0.1, 0.15) is 57.7 Å². The fraction of sp³-hybridized carbons (Fsp3) is 0.385. The van der Waals surface area contributed by atoms with Crippen molar-refractivity contribution in [1.29, 1.82) is 0 Å². The van der Waals surface area contributed by atoms with Crippen molar-refractivity contribution in [1.82, 2.24) is 10.6 Å². The van der Waals surface area contributed by atoms with Gasteiger partial charge in [0, 0.05) is 0 Å². The molecule has 0 saturated carbocycles. The third kappa shape index (κ3) is 5.69. The molecule has 0 aromatic heterocycles. The van der Waals surface area contributed by atoms with Gasteiger partial charge in [0.15, 0.2) is 0 Å². The lowest BCUT2D eigenvalue weighted by atomic mass is 9.87. The first-order valence-corrected chi connectivity index (χ1v) is 10.9. The molecule has 1 saturated heterocycles. The minimum Gasteiger partial charge on any atom is -0.497 e. The lowest BCUT2D eigenvalue weighted by Gasteiger charge is -2.25. The zero-order valence-corrected chi connectivity index (χ0v) is 19.9. The van der Waals surface area contributed by atoms with Gasteiger partial charge in [-0.25, -0.2) is 4.79 Å². The zero-order valence-electron chi connectivity index (χ0n) is 19.9. The van der Waals surface area contributed by atoms with E-state index in [1.54, 1.807) is 7.11 Å². The van der Waals surface area contributed by atoms with Crippen LogP contribution in [-0.2, 0) is 16.8 Å². The molecule has 0 bridgehead atoms. The molecule has 1 aliphatic rings. The first-order valence-electron chi connectivity index (χ1n) is 10.9. The fourth-order valence-corrected chi connectivity index (χ4v) is 3.64. The summed E-state index contributed by atoms with van der Waals surface area (Å²) in [5.74, 6) is 1.36. The third-order valence-electron chi connectivity index (χ3n) is 5.34. The van der Waals surface area contributed by atoms with Gasteiger partial charge in [0.05, 0.1) is 13.2 Å². The van der Waals surface area contributed by atoms with Gasteiger partial charge in [0.25, 0.3) is 5.91 Å². The lowest BCUT2D eigenvalue weighted by molar-refractivity contribution is -0.124. The van der Waals surface area contributed by atoms with Gasteiger partial charge in [-0.05, 0) is 74.6 Å². The highest BCUT2D eigenvalue weighted by Crippen LogP contribution is 2.30. The molecule has 3 rings (SSSR count). The van der Waals surface area contributed by atoms with E-state index in [4.69, 9.17) is 9.47 Å². The van der Waals surface area contributed by atoms with Crippen LogP contribution in [0, 0.1) is 0 Å². The normalized spacial score (nSPS) is 17.2. The maximum absolute atomic E-state index is 12.0. The Morgan fingerprint density at radius 3 is 2.12 bits per heavy atom. The minimum absolute atomic E-state index is 0.0977. The predicted octanol–water partition coefficient (Wildman–Crippen LogP) is 5.21. The average molecular weight is 439 g/mol. The van der Waals surface area contributed by atoms with Crippen LogP contribution in [0.15, 0.2) is 49.0 Å². The Labute approximate surface area is 191 Å². The van der Waals surface area contributed by atoms with Crippen LogP contribution in [-0.4, -0.2) is 25.2 Å². The highest BCUT2D eigenvalue weighted by molar-refractivity contribution is 6.07. The molecule has 1 heterocycles. The summed E-state index contributed by atoms with van der Waals surface area (Å²) < 4.78 is 10.7. The molecular weight excluding hydrogens is 404 g/mol. The van der Waals surface area contributed by atoms with E-state index in [9.17, 15) is 9.59 Å². The Kier molecular flexibility index (Phi) is 8.47. The molecule has 6 heteroatoms. The van der Waals surface area contributed by atoms with Crippen LogP contribution in [0.4, 0.5) is 4.79 Å². The predicted molar refractivity (Wildman–Crippen MR) is 128 cm³/mol. The molecule has 1 fully saturated rings. The van der Waals surface area contributed by atoms with Gasteiger partial charge < -0.3 is 14.8 Å². The second kappa shape index (κ2) is 10.8. The van der Waals surface area contributed by atoms with Crippen molar-refractivity contribution in [2.45, 2.75) is 59.1 Å². The Morgan fingerprint density at radius 2 is 1.69 bits per heavy atom. The average Bonchev–Trinajstić information content (AvgIpc) is 3.07. The number of benzene rings is 2. The van der Waals surface area contributed by atoms with Crippen molar-refractivity contribution < 1.29 is 19.1 Å². The second-order valence-corrected chi connectivity index (χ2v) is 8.02. The van der Waals surface area contributed by atoms with E-state index in [0.717, 1.165) is 29.1 Å². The quantitative estimate of drug-likeness (QED) is 0.582. The number of carbonyl (C=O) groups excluding carboxylic acids is 2. The van der Waals surface area contributed by atoms with E-state index in [-0.39, 0.29) is 12.0 Å². The molecule has 1 unspecified atom stereocenters. The van der Waals surface area contributed by atoms with Crippen molar-refractivity contribution in [3.05, 3.63) is 65.7 Å². The molecule has 3 amide bonds. The first kappa shape index (κ1) is 25.0. The maximum atomic E-state index is 12.0. The number of hydrogen-bond donors (Lipinski definition) is 2. The van der Waals surface area contributed by atoms with Gasteiger partial charge in [-0.2, -0.15) is 0 Å². The number of aryl methyl sites for hydroxylation is 1. The molecule has 1 aliphatic heterocycles. The summed E-state index contributed by atoms with van der Waals surface area (Å²) in [4.78, 5) is 23.3. The van der Waals surface area contributed by atoms with E-state index in [0.29, 0.717) is 6.42 Å². The lowest BCUT2D eigenvalue weighted by Crippen LogP contribution is -2.43. The van der Waals surface area contributed by atoms with Crippen molar-refractivity contribution in [2.24, 2.45) is 0 Å². The van der Waals surface area contributed by atoms with Crippen molar-refractivity contribution in [2.75, 3.05) is 7.11 Å². The van der Waals surface area contributed by atoms with E-state index in [2.05, 4.69) is 36.3 Å². The summed E-state index contributed by atoms with van der Waals surface area (Å²) in [5.41, 5.74) is 3.44. The third-order valence-corrected chi connectivity index (χ3v) is 5.34. The maximum Gasteiger partial charge on any atom is 0.322 e. The number of nitrogens with one attached hydrogen (secondary N) is 2. The number of rotatable bonds is 7. The molecule has 2 aromatic carbocycles. The Bertz CT molecular complexity index is 966. The number of ether oxygens (including phenoxy) is 2. The molecular formula is C26H34N2O4. The van der Waals surface area contributed by atoms with Crippen LogP contribution in [0.5, 0.6) is 11.5 Å². The van der Waals surface area contributed by atoms with Gasteiger partial charge >= 0.3 is 6.03 Å². The molecule has 1 atom stereocenters. The topological polar surface area (TPSA) is 76.7 Å². The summed E-state index contributed by atoms with van der Waals surface area (Å²) in [6.07, 6.45) is 1.61. The fourth-order valence-electron chi connectivity index (χ4n) is 3.64. The second-order valence-electron chi connectivity index (χ2n) is 8.02. The summed E-state index contributed by atoms with van der Waals surface area (Å²) in [5, 5.41) is 4.99. The zero-order chi connectivity index (χ0) is 23.9. The van der Waals surface area contributed by atoms with Crippen LogP contribution >= 0.6 is 0 Å². The monoisotopic (exact) mass is 438 g/mol. The number of imide groups is 1. The number of allylic oxidation sites excluding steroid dienone is 1. The SMILES string of the molecule is C=C(C)c1ccc(OC)cc1CC.CCC1(c2ccc(OC(C)C)cc2)NC(=O)NC1=O. The smallest absolute Gasteiger partial charge is 0.322 e. The van der Waals surface area contributed by atoms with E-state index < -0.39 is 11.6 Å². The van der Waals surface area contributed by atoms with Crippen molar-refractivity contribution >= 4 is 17.5 Å². The van der Waals surface area contributed by atoms with Crippen molar-refractivity contribution in [3.63, 3.8) is 0 Å². The highest BCUT2D eigenvalue weighted by Gasteiger charge is 2.46. The molecule has 0 spiro atoms. The molecule has 172 valence electrons. The number of methoxy groups -OCH3 is 1. The van der Waals surface area contributed by atoms with Gasteiger partial charge in [-0.3, -0.25) is 10.1 Å². The summed E-state index contributed by atoms with van der Waals surface area (Å²) in [6, 6.07) is 12.9. The summed E-state index contributed by atoms with van der Waals surface area (Å²) >= 11 is 0. The molecule has 0 radical (unpaired) electrons. The Morgan fingerprint density at radius 1 is 1.06 bits per heavy atom. The van der Waals surface area contributed by atoms with Gasteiger partial charge in [0.1, 0.15) is 17.0 Å². The van der Waals surface area contributed by atoms with Crippen LogP contribution in [0.25, 0.3) is 5.57 Å². The summed E-state index contributed by atoms with van der Waals surface area (Å²) in [7, 11) is 1.69. The first-order chi connectivity index (χ1) is 15.2. The van der Waals surface area contributed by atoms with Crippen LogP contribution in [0.2, 0.25) is 0 Å². The number of carbonyl (C=O) groups is 2. The standard InChI is InChI=1S/C14H18N2O3.C12H16O/c1-4-14(12(17)15-13(18)16-14)10-5-7-11(8-6-10)19-9(2)3;1-5-10-8-11(13-4)6-7-12(10)9(2)3/h5-9H,4H2,1-3H3,(H2,15,16,17,18);6-8H,2,5H2,1,3-4H3. The largest absolute Gasteiger partial charge is 0.497 e. The van der Waals surface area contributed by atoms with Crippen LogP contribution < -0.4 is 20.1 Å². The molecule has 0 aliphatic carbocycles. The Hall–Kier alpha value is -3.28. The molecule has 32 heavy (non-hydrogen) atoms.